The molecule has 0 bridgehead atoms. The molecule has 7 heteroatoms. The minimum atomic E-state index is -0.901. The highest BCUT2D eigenvalue weighted by molar-refractivity contribution is 5.65. The Morgan fingerprint density at radius 3 is 2.32 bits per heavy atom. The molecule has 28 heavy (non-hydrogen) atoms. The first-order valence-electron chi connectivity index (χ1n) is 9.18. The van der Waals surface area contributed by atoms with Crippen molar-refractivity contribution in [2.45, 2.75) is 0 Å². The van der Waals surface area contributed by atoms with Crippen molar-refractivity contribution >= 4 is 17.3 Å². The number of likely N-dealkylation sites (N-methyl/N-ethyl adjacent to an activating group) is 1. The highest BCUT2D eigenvalue weighted by Crippen LogP contribution is 2.26. The predicted molar refractivity (Wildman–Crippen MR) is 107 cm³/mol. The first-order valence-corrected chi connectivity index (χ1v) is 9.18. The highest BCUT2D eigenvalue weighted by Gasteiger charge is 2.18. The van der Waals surface area contributed by atoms with E-state index in [1.807, 2.05) is 36.4 Å². The topological polar surface area (TPSA) is 44.3 Å². The highest BCUT2D eigenvalue weighted by atomic mass is 19.2. The smallest absolute Gasteiger partial charge is 0.163 e. The van der Waals surface area contributed by atoms with Gasteiger partial charge >= 0.3 is 0 Å². The van der Waals surface area contributed by atoms with Gasteiger partial charge in [0.2, 0.25) is 0 Å². The SMILES string of the molecule is CN1CCN(c2cc(Nc3ccc(F)c(F)c3)nc(-c3ccccc3)n2)CC1. The van der Waals surface area contributed by atoms with Crippen LogP contribution in [0.2, 0.25) is 0 Å². The van der Waals surface area contributed by atoms with Gasteiger partial charge in [0, 0.05) is 49.6 Å². The summed E-state index contributed by atoms with van der Waals surface area (Å²) in [6.45, 7) is 3.64. The van der Waals surface area contributed by atoms with E-state index in [4.69, 9.17) is 4.98 Å². The lowest BCUT2D eigenvalue weighted by Crippen LogP contribution is -2.44. The third kappa shape index (κ3) is 4.09. The third-order valence-corrected chi connectivity index (χ3v) is 4.76. The van der Waals surface area contributed by atoms with Gasteiger partial charge < -0.3 is 15.1 Å². The standard InChI is InChI=1S/C21H21F2N5/c1-27-9-11-28(12-10-27)20-14-19(24-16-7-8-17(22)18(23)13-16)25-21(26-20)15-5-3-2-4-6-15/h2-8,13-14H,9-12H2,1H3,(H,24,25,26). The molecular weight excluding hydrogens is 360 g/mol. The molecule has 1 aliphatic heterocycles. The van der Waals surface area contributed by atoms with E-state index in [2.05, 4.69) is 27.1 Å². The molecule has 1 aromatic heterocycles. The summed E-state index contributed by atoms with van der Waals surface area (Å²) in [7, 11) is 2.10. The van der Waals surface area contributed by atoms with E-state index in [0.29, 0.717) is 17.3 Å². The fourth-order valence-electron chi connectivity index (χ4n) is 3.13. The number of hydrogen-bond donors (Lipinski definition) is 1. The summed E-state index contributed by atoms with van der Waals surface area (Å²) < 4.78 is 26.8. The number of nitrogens with zero attached hydrogens (tertiary/aromatic N) is 4. The van der Waals surface area contributed by atoms with Crippen LogP contribution in [0.15, 0.2) is 54.6 Å². The molecule has 0 amide bonds. The Morgan fingerprint density at radius 2 is 1.61 bits per heavy atom. The molecule has 5 nitrogen and oxygen atoms in total. The zero-order valence-corrected chi connectivity index (χ0v) is 15.6. The van der Waals surface area contributed by atoms with Crippen molar-refractivity contribution in [2.24, 2.45) is 0 Å². The van der Waals surface area contributed by atoms with Gasteiger partial charge in [0.15, 0.2) is 17.5 Å². The van der Waals surface area contributed by atoms with Gasteiger partial charge in [-0.05, 0) is 19.2 Å². The Morgan fingerprint density at radius 1 is 0.857 bits per heavy atom. The summed E-state index contributed by atoms with van der Waals surface area (Å²) in [5.41, 5.74) is 1.33. The predicted octanol–water partition coefficient (Wildman–Crippen LogP) is 3.92. The Bertz CT molecular complexity index is 956. The van der Waals surface area contributed by atoms with Crippen LogP contribution in [0.1, 0.15) is 0 Å². The van der Waals surface area contributed by atoms with Crippen LogP contribution < -0.4 is 10.2 Å². The Kier molecular flexibility index (Phi) is 5.16. The molecule has 0 spiro atoms. The van der Waals surface area contributed by atoms with Crippen LogP contribution in [0.4, 0.5) is 26.1 Å². The lowest BCUT2D eigenvalue weighted by molar-refractivity contribution is 0.312. The second-order valence-corrected chi connectivity index (χ2v) is 6.85. The molecule has 1 aliphatic rings. The summed E-state index contributed by atoms with van der Waals surface area (Å²) in [4.78, 5) is 13.8. The number of aromatic nitrogens is 2. The van der Waals surface area contributed by atoms with Crippen LogP contribution in [-0.2, 0) is 0 Å². The Hall–Kier alpha value is -3.06. The fourth-order valence-corrected chi connectivity index (χ4v) is 3.13. The number of rotatable bonds is 4. The van der Waals surface area contributed by atoms with Gasteiger partial charge in [0.05, 0.1) is 0 Å². The third-order valence-electron chi connectivity index (χ3n) is 4.76. The van der Waals surface area contributed by atoms with Gasteiger partial charge in [-0.2, -0.15) is 0 Å². The molecule has 1 fully saturated rings. The van der Waals surface area contributed by atoms with Crippen LogP contribution >= 0.6 is 0 Å². The molecule has 3 aromatic rings. The molecule has 1 N–H and O–H groups in total. The van der Waals surface area contributed by atoms with E-state index in [1.165, 1.54) is 6.07 Å². The maximum absolute atomic E-state index is 13.6. The van der Waals surface area contributed by atoms with E-state index in [1.54, 1.807) is 0 Å². The lowest BCUT2D eigenvalue weighted by Gasteiger charge is -2.33. The van der Waals surface area contributed by atoms with E-state index in [-0.39, 0.29) is 0 Å². The molecule has 144 valence electrons. The van der Waals surface area contributed by atoms with Gasteiger partial charge in [-0.25, -0.2) is 18.7 Å². The molecule has 0 unspecified atom stereocenters. The van der Waals surface area contributed by atoms with Crippen LogP contribution in [0, 0.1) is 11.6 Å². The Balaban J connectivity index is 1.70. The van der Waals surface area contributed by atoms with Crippen molar-refractivity contribution in [3.05, 3.63) is 66.2 Å². The second kappa shape index (κ2) is 7.90. The maximum atomic E-state index is 13.6. The molecule has 2 aromatic carbocycles. The number of nitrogens with one attached hydrogen (secondary N) is 1. The summed E-state index contributed by atoms with van der Waals surface area (Å²) in [5, 5.41) is 3.08. The van der Waals surface area contributed by atoms with Gasteiger partial charge in [-0.15, -0.1) is 0 Å². The number of piperazine rings is 1. The molecule has 2 heterocycles. The second-order valence-electron chi connectivity index (χ2n) is 6.85. The Labute approximate surface area is 162 Å². The van der Waals surface area contributed by atoms with Gasteiger partial charge in [0.1, 0.15) is 11.6 Å². The van der Waals surface area contributed by atoms with Crippen LogP contribution in [0.3, 0.4) is 0 Å². The van der Waals surface area contributed by atoms with Crippen molar-refractivity contribution in [2.75, 3.05) is 43.4 Å². The van der Waals surface area contributed by atoms with Gasteiger partial charge in [0.25, 0.3) is 0 Å². The molecular formula is C21H21F2N5. The molecule has 4 rings (SSSR count). The summed E-state index contributed by atoms with van der Waals surface area (Å²) in [6.07, 6.45) is 0. The van der Waals surface area contributed by atoms with Crippen LogP contribution in [-0.4, -0.2) is 48.1 Å². The van der Waals surface area contributed by atoms with Crippen LogP contribution in [0.25, 0.3) is 11.4 Å². The average Bonchev–Trinajstić information content (AvgIpc) is 2.72. The van der Waals surface area contributed by atoms with E-state index >= 15 is 0 Å². The van der Waals surface area contributed by atoms with Crippen molar-refractivity contribution in [3.63, 3.8) is 0 Å². The maximum Gasteiger partial charge on any atom is 0.163 e. The molecule has 0 aliphatic carbocycles. The largest absolute Gasteiger partial charge is 0.354 e. The summed E-state index contributed by atoms with van der Waals surface area (Å²) in [5.74, 6) is 0.154. The molecule has 0 atom stereocenters. The van der Waals surface area contributed by atoms with E-state index in [0.717, 1.165) is 49.7 Å². The summed E-state index contributed by atoms with van der Waals surface area (Å²) in [6, 6.07) is 15.3. The lowest BCUT2D eigenvalue weighted by atomic mass is 10.2. The van der Waals surface area contributed by atoms with E-state index < -0.39 is 11.6 Å². The minimum absolute atomic E-state index is 0.431. The molecule has 1 saturated heterocycles. The minimum Gasteiger partial charge on any atom is -0.354 e. The summed E-state index contributed by atoms with van der Waals surface area (Å²) >= 11 is 0. The zero-order chi connectivity index (χ0) is 19.5. The number of halogens is 2. The number of benzene rings is 2. The van der Waals surface area contributed by atoms with Crippen molar-refractivity contribution in [1.29, 1.82) is 0 Å². The van der Waals surface area contributed by atoms with Crippen molar-refractivity contribution < 1.29 is 8.78 Å². The monoisotopic (exact) mass is 381 g/mol. The first kappa shape index (κ1) is 18.3. The molecule has 0 radical (unpaired) electrons. The van der Waals surface area contributed by atoms with Crippen LogP contribution in [0.5, 0.6) is 0 Å². The normalized spacial score (nSPS) is 14.9. The van der Waals surface area contributed by atoms with Gasteiger partial charge in [-0.1, -0.05) is 30.3 Å². The first-order chi connectivity index (χ1) is 13.6. The quantitative estimate of drug-likeness (QED) is 0.742. The van der Waals surface area contributed by atoms with E-state index in [9.17, 15) is 8.78 Å². The van der Waals surface area contributed by atoms with Crippen molar-refractivity contribution in [1.82, 2.24) is 14.9 Å². The number of anilines is 3. The fraction of sp³-hybridized carbons (Fsp3) is 0.238. The zero-order valence-electron chi connectivity index (χ0n) is 15.6. The average molecular weight is 381 g/mol. The van der Waals surface area contributed by atoms with Gasteiger partial charge in [-0.3, -0.25) is 0 Å². The molecule has 0 saturated carbocycles. The number of hydrogen-bond acceptors (Lipinski definition) is 5. The van der Waals surface area contributed by atoms with Crippen molar-refractivity contribution in [3.8, 4) is 11.4 Å².